The molecule has 0 aliphatic carbocycles. The number of benzene rings is 3. The molecule has 0 radical (unpaired) electrons. The SMILES string of the molecule is CN(C)CCOc1ccc(C(=O)N2CC(=Cc3ccc([N+](=O)[O-])cc3)C(=O)C(=Cc3ccc([N+](=O)[O-])cc3)C2)cc1. The van der Waals surface area contributed by atoms with E-state index in [1.54, 1.807) is 36.4 Å². The second-order valence-corrected chi connectivity index (χ2v) is 9.70. The van der Waals surface area contributed by atoms with Gasteiger partial charge in [-0.15, -0.1) is 0 Å². The second kappa shape index (κ2) is 12.8. The van der Waals surface area contributed by atoms with E-state index < -0.39 is 9.85 Å². The summed E-state index contributed by atoms with van der Waals surface area (Å²) in [7, 11) is 3.90. The van der Waals surface area contributed by atoms with E-state index in [0.29, 0.717) is 40.2 Å². The van der Waals surface area contributed by atoms with Crippen LogP contribution in [-0.2, 0) is 4.79 Å². The van der Waals surface area contributed by atoms with Crippen LogP contribution in [0.2, 0.25) is 0 Å². The van der Waals surface area contributed by atoms with E-state index in [9.17, 15) is 29.8 Å². The van der Waals surface area contributed by atoms with Crippen molar-refractivity contribution in [1.82, 2.24) is 9.80 Å². The number of ether oxygens (including phenoxy) is 1. The number of carbonyl (C=O) groups excluding carboxylic acids is 2. The van der Waals surface area contributed by atoms with Gasteiger partial charge in [-0.3, -0.25) is 29.8 Å². The Hall–Kier alpha value is -5.16. The van der Waals surface area contributed by atoms with Gasteiger partial charge in [0.15, 0.2) is 5.78 Å². The Kier molecular flexibility index (Phi) is 9.00. The molecule has 1 amide bonds. The summed E-state index contributed by atoms with van der Waals surface area (Å²) in [6.07, 6.45) is 3.22. The molecule has 0 aromatic heterocycles. The highest BCUT2D eigenvalue weighted by atomic mass is 16.6. The topological polar surface area (TPSA) is 136 Å². The number of likely N-dealkylation sites (N-methyl/N-ethyl adjacent to an activating group) is 1. The van der Waals surface area contributed by atoms with E-state index in [2.05, 4.69) is 0 Å². The highest BCUT2D eigenvalue weighted by Crippen LogP contribution is 2.25. The van der Waals surface area contributed by atoms with Crippen LogP contribution in [0.1, 0.15) is 21.5 Å². The maximum atomic E-state index is 13.5. The minimum atomic E-state index is -0.507. The molecule has 0 atom stereocenters. The number of ketones is 1. The molecule has 1 fully saturated rings. The van der Waals surface area contributed by atoms with Gasteiger partial charge in [-0.1, -0.05) is 0 Å². The van der Waals surface area contributed by atoms with E-state index >= 15 is 0 Å². The van der Waals surface area contributed by atoms with Crippen LogP contribution in [0.25, 0.3) is 12.2 Å². The van der Waals surface area contributed by atoms with E-state index in [4.69, 9.17) is 4.74 Å². The molecule has 1 heterocycles. The molecule has 1 aliphatic rings. The van der Waals surface area contributed by atoms with Crippen molar-refractivity contribution in [3.63, 3.8) is 0 Å². The van der Waals surface area contributed by atoms with Crippen LogP contribution in [0, 0.1) is 20.2 Å². The average Bonchev–Trinajstić information content (AvgIpc) is 2.95. The third kappa shape index (κ3) is 7.49. The molecule has 0 spiro atoms. The Morgan fingerprint density at radius 3 is 1.71 bits per heavy atom. The number of amides is 1. The van der Waals surface area contributed by atoms with Crippen LogP contribution in [-0.4, -0.2) is 71.7 Å². The fraction of sp³-hybridized carbons (Fsp3) is 0.200. The number of likely N-dealkylation sites (tertiary alicyclic amines) is 1. The minimum absolute atomic E-state index is 0.0351. The van der Waals surface area contributed by atoms with Crippen LogP contribution >= 0.6 is 0 Å². The summed E-state index contributed by atoms with van der Waals surface area (Å²) >= 11 is 0. The number of nitro benzene ring substituents is 2. The Bertz CT molecular complexity index is 1430. The third-order valence-corrected chi connectivity index (χ3v) is 6.39. The number of nitro groups is 2. The minimum Gasteiger partial charge on any atom is -0.492 e. The molecule has 4 rings (SSSR count). The summed E-state index contributed by atoms with van der Waals surface area (Å²) in [5.41, 5.74) is 2.07. The maximum Gasteiger partial charge on any atom is 0.269 e. The van der Waals surface area contributed by atoms with Gasteiger partial charge in [-0.2, -0.15) is 0 Å². The summed E-state index contributed by atoms with van der Waals surface area (Å²) in [5, 5.41) is 22.0. The standard InChI is InChI=1S/C30H28N4O7/c1-31(2)15-16-41-28-13-7-23(8-14-28)30(36)32-19-24(17-21-3-9-26(10-4-21)33(37)38)29(35)25(20-32)18-22-5-11-27(12-6-22)34(39)40/h3-14,17-18H,15-16,19-20H2,1-2H3. The maximum absolute atomic E-state index is 13.5. The van der Waals surface area contributed by atoms with Gasteiger partial charge < -0.3 is 14.5 Å². The smallest absolute Gasteiger partial charge is 0.269 e. The lowest BCUT2D eigenvalue weighted by molar-refractivity contribution is -0.385. The number of rotatable bonds is 9. The summed E-state index contributed by atoms with van der Waals surface area (Å²) in [5.74, 6) is 0.0617. The first kappa shape index (κ1) is 28.8. The predicted molar refractivity (Wildman–Crippen MR) is 154 cm³/mol. The number of piperidine rings is 1. The van der Waals surface area contributed by atoms with Gasteiger partial charge >= 0.3 is 0 Å². The molecule has 1 saturated heterocycles. The lowest BCUT2D eigenvalue weighted by Crippen LogP contribution is -2.41. The quantitative estimate of drug-likeness (QED) is 0.211. The Labute approximate surface area is 236 Å². The van der Waals surface area contributed by atoms with Crippen LogP contribution in [0.4, 0.5) is 11.4 Å². The predicted octanol–water partition coefficient (Wildman–Crippen LogP) is 4.64. The first-order valence-corrected chi connectivity index (χ1v) is 12.7. The number of non-ortho nitro benzene ring substituents is 2. The molecule has 0 bridgehead atoms. The normalized spacial score (nSPS) is 15.4. The number of Topliss-reactive ketones (excluding diaryl/α,β-unsaturated/α-hetero) is 1. The molecular formula is C30H28N4O7. The van der Waals surface area contributed by atoms with Gasteiger partial charge in [0, 0.05) is 47.5 Å². The molecule has 3 aromatic rings. The van der Waals surface area contributed by atoms with Gasteiger partial charge in [0.1, 0.15) is 12.4 Å². The summed E-state index contributed by atoms with van der Waals surface area (Å²) in [6.45, 7) is 1.32. The van der Waals surface area contributed by atoms with Crippen molar-refractivity contribution in [3.8, 4) is 5.75 Å². The van der Waals surface area contributed by atoms with Crippen LogP contribution in [0.15, 0.2) is 83.9 Å². The van der Waals surface area contributed by atoms with Crippen LogP contribution in [0.3, 0.4) is 0 Å². The molecule has 210 valence electrons. The average molecular weight is 557 g/mol. The Morgan fingerprint density at radius 2 is 1.29 bits per heavy atom. The van der Waals surface area contributed by atoms with Crippen LogP contribution < -0.4 is 4.74 Å². The first-order chi connectivity index (χ1) is 19.6. The molecule has 0 unspecified atom stereocenters. The molecule has 0 N–H and O–H groups in total. The highest BCUT2D eigenvalue weighted by Gasteiger charge is 2.30. The van der Waals surface area contributed by atoms with Gasteiger partial charge in [0.05, 0.1) is 22.9 Å². The lowest BCUT2D eigenvalue weighted by Gasteiger charge is -2.30. The van der Waals surface area contributed by atoms with Crippen molar-refractivity contribution in [2.45, 2.75) is 0 Å². The fourth-order valence-corrected chi connectivity index (χ4v) is 4.19. The van der Waals surface area contributed by atoms with Crippen molar-refractivity contribution in [2.75, 3.05) is 40.3 Å². The van der Waals surface area contributed by atoms with Crippen molar-refractivity contribution in [3.05, 3.63) is 121 Å². The van der Waals surface area contributed by atoms with Gasteiger partial charge in [-0.25, -0.2) is 0 Å². The van der Waals surface area contributed by atoms with Crippen molar-refractivity contribution >= 4 is 35.2 Å². The summed E-state index contributed by atoms with van der Waals surface area (Å²) in [6, 6.07) is 18.3. The van der Waals surface area contributed by atoms with Crippen molar-refractivity contribution < 1.29 is 24.2 Å². The molecule has 1 aliphatic heterocycles. The number of hydrogen-bond donors (Lipinski definition) is 0. The zero-order valence-corrected chi connectivity index (χ0v) is 22.6. The zero-order valence-electron chi connectivity index (χ0n) is 22.6. The molecule has 3 aromatic carbocycles. The van der Waals surface area contributed by atoms with Gasteiger partial charge in [-0.05, 0) is 85.9 Å². The van der Waals surface area contributed by atoms with Crippen molar-refractivity contribution in [1.29, 1.82) is 0 Å². The molecule has 41 heavy (non-hydrogen) atoms. The van der Waals surface area contributed by atoms with Gasteiger partial charge in [0.2, 0.25) is 0 Å². The number of carbonyl (C=O) groups is 2. The monoisotopic (exact) mass is 556 g/mol. The number of hydrogen-bond acceptors (Lipinski definition) is 8. The van der Waals surface area contributed by atoms with E-state index in [1.807, 2.05) is 19.0 Å². The first-order valence-electron chi connectivity index (χ1n) is 12.7. The second-order valence-electron chi connectivity index (χ2n) is 9.70. The van der Waals surface area contributed by atoms with Gasteiger partial charge in [0.25, 0.3) is 17.3 Å². The third-order valence-electron chi connectivity index (χ3n) is 6.39. The van der Waals surface area contributed by atoms with E-state index in [0.717, 1.165) is 6.54 Å². The summed E-state index contributed by atoms with van der Waals surface area (Å²) < 4.78 is 5.71. The zero-order chi connectivity index (χ0) is 29.5. The van der Waals surface area contributed by atoms with E-state index in [1.165, 1.54) is 53.4 Å². The molecular weight excluding hydrogens is 528 g/mol. The number of nitrogens with zero attached hydrogens (tertiary/aromatic N) is 4. The van der Waals surface area contributed by atoms with Crippen molar-refractivity contribution in [2.24, 2.45) is 0 Å². The fourth-order valence-electron chi connectivity index (χ4n) is 4.19. The summed E-state index contributed by atoms with van der Waals surface area (Å²) in [4.78, 5) is 51.6. The lowest BCUT2D eigenvalue weighted by atomic mass is 9.93. The molecule has 11 heteroatoms. The van der Waals surface area contributed by atoms with Crippen LogP contribution in [0.5, 0.6) is 5.75 Å². The Morgan fingerprint density at radius 1 is 0.829 bits per heavy atom. The highest BCUT2D eigenvalue weighted by molar-refractivity contribution is 6.15. The molecule has 0 saturated carbocycles. The van der Waals surface area contributed by atoms with E-state index in [-0.39, 0.29) is 36.2 Å². The Balaban J connectivity index is 1.62. The molecule has 11 nitrogen and oxygen atoms in total. The largest absolute Gasteiger partial charge is 0.492 e.